The molecule has 0 fully saturated rings. The van der Waals surface area contributed by atoms with Crippen LogP contribution in [0.4, 0.5) is 5.69 Å². The van der Waals surface area contributed by atoms with Crippen LogP contribution in [-0.2, 0) is 15.5 Å². The van der Waals surface area contributed by atoms with Crippen molar-refractivity contribution >= 4 is 16.5 Å². The molecule has 0 aromatic carbocycles. The molecule has 0 saturated heterocycles. The van der Waals surface area contributed by atoms with Crippen LogP contribution in [0.2, 0.25) is 0 Å². The molecule has 13 heavy (non-hydrogen) atoms. The van der Waals surface area contributed by atoms with E-state index in [-0.39, 0.29) is 5.94 Å². The van der Waals surface area contributed by atoms with Crippen molar-refractivity contribution in [2.75, 3.05) is 18.3 Å². The van der Waals surface area contributed by atoms with Crippen molar-refractivity contribution in [3.63, 3.8) is 0 Å². The number of hydrogen-bond donors (Lipinski definition) is 1. The van der Waals surface area contributed by atoms with Crippen molar-refractivity contribution < 1.29 is 8.95 Å². The van der Waals surface area contributed by atoms with E-state index in [1.165, 1.54) is 6.20 Å². The van der Waals surface area contributed by atoms with Crippen LogP contribution < -0.4 is 5.73 Å². The smallest absolute Gasteiger partial charge is 0.126 e. The van der Waals surface area contributed by atoms with Gasteiger partial charge in [-0.1, -0.05) is 0 Å². The number of pyridine rings is 1. The molecule has 1 aromatic heterocycles. The topological polar surface area (TPSA) is 65.2 Å². The number of ether oxygens (including phenoxy) is 1. The number of nitrogens with zero attached hydrogens (tertiary/aromatic N) is 1. The first-order valence-corrected chi connectivity index (χ1v) is 5.23. The van der Waals surface area contributed by atoms with E-state index < -0.39 is 10.8 Å². The molecule has 2 N–H and O–H groups in total. The Bertz CT molecular complexity index is 304. The van der Waals surface area contributed by atoms with Crippen molar-refractivity contribution in [1.29, 1.82) is 0 Å². The summed E-state index contributed by atoms with van der Waals surface area (Å²) in [7, 11) is -1.18. The highest BCUT2D eigenvalue weighted by Gasteiger charge is 2.06. The van der Waals surface area contributed by atoms with E-state index in [2.05, 4.69) is 4.98 Å². The minimum Gasteiger partial charge on any atom is -0.396 e. The zero-order valence-electron chi connectivity index (χ0n) is 7.40. The summed E-state index contributed by atoms with van der Waals surface area (Å²) in [5.74, 6) is 0.185. The number of hydrogen-bond acceptors (Lipinski definition) is 4. The molecule has 0 bridgehead atoms. The quantitative estimate of drug-likeness (QED) is 0.779. The highest BCUT2D eigenvalue weighted by molar-refractivity contribution is 7.85. The van der Waals surface area contributed by atoms with Crippen molar-refractivity contribution in [2.24, 2.45) is 0 Å². The number of rotatable bonds is 4. The predicted octanol–water partition coefficient (Wildman–Crippen LogP) is 0.765. The summed E-state index contributed by atoms with van der Waals surface area (Å²) in [6.45, 7) is 2.41. The van der Waals surface area contributed by atoms with Gasteiger partial charge in [0.2, 0.25) is 0 Å². The lowest BCUT2D eigenvalue weighted by Crippen LogP contribution is -2.05. The number of nitrogens with two attached hydrogens (primary N) is 1. The van der Waals surface area contributed by atoms with E-state index in [0.717, 1.165) is 0 Å². The second-order valence-corrected chi connectivity index (χ2v) is 3.74. The van der Waals surface area contributed by atoms with Crippen LogP contribution in [0.15, 0.2) is 23.4 Å². The van der Waals surface area contributed by atoms with E-state index >= 15 is 0 Å². The van der Waals surface area contributed by atoms with Gasteiger partial charge in [-0.2, -0.15) is 0 Å². The van der Waals surface area contributed by atoms with Crippen LogP contribution in [0.3, 0.4) is 0 Å². The highest BCUT2D eigenvalue weighted by Crippen LogP contribution is 2.13. The van der Waals surface area contributed by atoms with Crippen LogP contribution >= 0.6 is 0 Å². The minimum atomic E-state index is -1.18. The highest BCUT2D eigenvalue weighted by atomic mass is 32.2. The second-order valence-electron chi connectivity index (χ2n) is 2.37. The molecule has 1 unspecified atom stereocenters. The Kier molecular flexibility index (Phi) is 3.85. The summed E-state index contributed by atoms with van der Waals surface area (Å²) < 4.78 is 16.5. The van der Waals surface area contributed by atoms with Gasteiger partial charge >= 0.3 is 0 Å². The molecular formula is C8H12N2O2S. The fourth-order valence-electron chi connectivity index (χ4n) is 0.824. The molecule has 0 aliphatic carbocycles. The van der Waals surface area contributed by atoms with Crippen LogP contribution in [-0.4, -0.2) is 21.7 Å². The largest absolute Gasteiger partial charge is 0.396 e. The molecule has 0 aliphatic heterocycles. The number of nitrogen functional groups attached to an aromatic ring is 1. The van der Waals surface area contributed by atoms with Gasteiger partial charge in [-0.3, -0.25) is 9.19 Å². The maximum absolute atomic E-state index is 11.5. The molecule has 0 spiro atoms. The minimum absolute atomic E-state index is 0.185. The van der Waals surface area contributed by atoms with Crippen molar-refractivity contribution in [3.8, 4) is 0 Å². The van der Waals surface area contributed by atoms with Gasteiger partial charge in [0, 0.05) is 12.8 Å². The van der Waals surface area contributed by atoms with Crippen LogP contribution in [0.5, 0.6) is 0 Å². The van der Waals surface area contributed by atoms with Gasteiger partial charge in [0.1, 0.15) is 5.94 Å². The van der Waals surface area contributed by atoms with E-state index in [9.17, 15) is 4.21 Å². The summed E-state index contributed by atoms with van der Waals surface area (Å²) in [5.41, 5.74) is 6.03. The van der Waals surface area contributed by atoms with Gasteiger partial charge < -0.3 is 10.5 Å². The van der Waals surface area contributed by atoms with Gasteiger partial charge in [0.05, 0.1) is 27.6 Å². The fourth-order valence-corrected chi connectivity index (χ4v) is 1.80. The van der Waals surface area contributed by atoms with E-state index in [0.29, 0.717) is 17.2 Å². The Hall–Kier alpha value is -0.940. The maximum Gasteiger partial charge on any atom is 0.126 e. The molecule has 1 rings (SSSR count). The first-order valence-electron chi connectivity index (χ1n) is 3.91. The number of anilines is 1. The molecule has 1 atom stereocenters. The lowest BCUT2D eigenvalue weighted by Gasteiger charge is -2.04. The molecule has 1 aromatic rings. The second kappa shape index (κ2) is 4.94. The third-order valence-electron chi connectivity index (χ3n) is 1.45. The first kappa shape index (κ1) is 10.1. The zero-order chi connectivity index (χ0) is 9.68. The van der Waals surface area contributed by atoms with Gasteiger partial charge in [-0.05, 0) is 13.0 Å². The molecule has 72 valence electrons. The Morgan fingerprint density at radius 1 is 1.69 bits per heavy atom. The first-order chi connectivity index (χ1) is 6.25. The third kappa shape index (κ3) is 2.78. The predicted molar refractivity (Wildman–Crippen MR) is 51.6 cm³/mol. The fraction of sp³-hybridized carbons (Fsp3) is 0.375. The van der Waals surface area contributed by atoms with Gasteiger partial charge in [-0.15, -0.1) is 0 Å². The Balaban J connectivity index is 2.71. The summed E-state index contributed by atoms with van der Waals surface area (Å²) in [6, 6.07) is 1.64. The summed E-state index contributed by atoms with van der Waals surface area (Å²) in [6.07, 6.45) is 3.05. The van der Waals surface area contributed by atoms with Crippen molar-refractivity contribution in [1.82, 2.24) is 4.98 Å². The molecule has 0 amide bonds. The summed E-state index contributed by atoms with van der Waals surface area (Å²) in [4.78, 5) is 4.39. The molecular weight excluding hydrogens is 188 g/mol. The monoisotopic (exact) mass is 200 g/mol. The Morgan fingerprint density at radius 3 is 3.08 bits per heavy atom. The third-order valence-corrected chi connectivity index (χ3v) is 2.69. The van der Waals surface area contributed by atoms with Crippen LogP contribution in [0.1, 0.15) is 6.92 Å². The average Bonchev–Trinajstić information content (AvgIpc) is 2.15. The Morgan fingerprint density at radius 2 is 2.46 bits per heavy atom. The standard InChI is InChI=1S/C8H12N2O2S/c1-2-12-6-13(11)8-3-4-10-5-7(8)9/h3-5H,2,6,9H2,1H3. The zero-order valence-corrected chi connectivity index (χ0v) is 8.21. The molecule has 4 nitrogen and oxygen atoms in total. The molecule has 0 radical (unpaired) electrons. The molecule has 5 heteroatoms. The van der Waals surface area contributed by atoms with Crippen molar-refractivity contribution in [2.45, 2.75) is 11.8 Å². The van der Waals surface area contributed by atoms with E-state index in [1.807, 2.05) is 6.92 Å². The summed E-state index contributed by atoms with van der Waals surface area (Å²) >= 11 is 0. The van der Waals surface area contributed by atoms with Crippen molar-refractivity contribution in [3.05, 3.63) is 18.5 Å². The summed E-state index contributed by atoms with van der Waals surface area (Å²) in [5, 5.41) is 0. The van der Waals surface area contributed by atoms with Crippen LogP contribution in [0, 0.1) is 0 Å². The average molecular weight is 200 g/mol. The van der Waals surface area contributed by atoms with E-state index in [4.69, 9.17) is 10.5 Å². The lowest BCUT2D eigenvalue weighted by molar-refractivity contribution is 0.196. The molecule has 1 heterocycles. The van der Waals surface area contributed by atoms with Crippen LogP contribution in [0.25, 0.3) is 0 Å². The number of aromatic nitrogens is 1. The normalized spacial score (nSPS) is 12.7. The van der Waals surface area contributed by atoms with Gasteiger partial charge in [0.25, 0.3) is 0 Å². The van der Waals surface area contributed by atoms with E-state index in [1.54, 1.807) is 12.3 Å². The molecule has 0 aliphatic rings. The van der Waals surface area contributed by atoms with Gasteiger partial charge in [0.15, 0.2) is 0 Å². The lowest BCUT2D eigenvalue weighted by atomic mass is 10.4. The maximum atomic E-state index is 11.5. The molecule has 0 saturated carbocycles. The Labute approximate surface area is 79.6 Å². The SMILES string of the molecule is CCOCS(=O)c1ccncc1N. The van der Waals surface area contributed by atoms with Gasteiger partial charge in [-0.25, -0.2) is 0 Å².